The molecule has 1 heterocycles. The van der Waals surface area contributed by atoms with Crippen molar-refractivity contribution in [3.63, 3.8) is 0 Å². The van der Waals surface area contributed by atoms with E-state index in [9.17, 15) is 4.79 Å². The Labute approximate surface area is 126 Å². The van der Waals surface area contributed by atoms with Gasteiger partial charge in [0.05, 0.1) is 6.34 Å². The Morgan fingerprint density at radius 2 is 1.76 bits per heavy atom. The summed E-state index contributed by atoms with van der Waals surface area (Å²) in [6.45, 7) is 11.4. The third-order valence-corrected chi connectivity index (χ3v) is 4.07. The molecule has 0 unspecified atom stereocenters. The lowest BCUT2D eigenvalue weighted by Crippen LogP contribution is -2.59. The number of nitrogens with zero attached hydrogens (tertiary/aromatic N) is 1. The highest BCUT2D eigenvalue weighted by molar-refractivity contribution is 5.88. The summed E-state index contributed by atoms with van der Waals surface area (Å²) in [5.41, 5.74) is 0.0240. The normalized spacial score (nSPS) is 28.3. The molecule has 0 aliphatic carbocycles. The van der Waals surface area contributed by atoms with Gasteiger partial charge in [-0.2, -0.15) is 0 Å². The monoisotopic (exact) mass is 288 g/mol. The van der Waals surface area contributed by atoms with Crippen LogP contribution < -0.4 is 5.32 Å². The van der Waals surface area contributed by atoms with Crippen LogP contribution in [0.2, 0.25) is 0 Å². The molecule has 0 spiro atoms. The summed E-state index contributed by atoms with van der Waals surface area (Å²) in [6, 6.07) is 8.10. The van der Waals surface area contributed by atoms with Crippen LogP contribution in [0.1, 0.15) is 45.7 Å². The number of benzene rings is 1. The Morgan fingerprint density at radius 3 is 2.29 bits per heavy atom. The molecule has 114 valence electrons. The van der Waals surface area contributed by atoms with Crippen LogP contribution in [-0.2, 0) is 15.1 Å². The van der Waals surface area contributed by atoms with Crippen LogP contribution in [-0.4, -0.2) is 23.4 Å². The first-order valence-electron chi connectivity index (χ1n) is 7.20. The van der Waals surface area contributed by atoms with Crippen molar-refractivity contribution in [3.8, 4) is 0 Å². The standard InChI is InChI=1S/C17H24N2O2/c1-12-7-9-13(10-8-12)16(5)17(6,19-11-18-16)14(20)21-15(2,3)4/h7-11H,1-6H3,(H,18,19)/t16-,17-/m0/s1. The van der Waals surface area contributed by atoms with E-state index in [4.69, 9.17) is 4.74 Å². The zero-order valence-electron chi connectivity index (χ0n) is 13.7. The maximum absolute atomic E-state index is 12.7. The first-order chi connectivity index (χ1) is 9.58. The number of hydrogen-bond acceptors (Lipinski definition) is 4. The first kappa shape index (κ1) is 15.5. The Bertz CT molecular complexity index is 571. The van der Waals surface area contributed by atoms with Crippen LogP contribution in [0.5, 0.6) is 0 Å². The molecule has 1 aliphatic rings. The van der Waals surface area contributed by atoms with E-state index in [0.29, 0.717) is 0 Å². The Balaban J connectivity index is 2.40. The fourth-order valence-electron chi connectivity index (χ4n) is 2.44. The molecule has 4 nitrogen and oxygen atoms in total. The Hall–Kier alpha value is -1.84. The molecule has 1 aromatic rings. The van der Waals surface area contributed by atoms with Crippen molar-refractivity contribution in [1.29, 1.82) is 0 Å². The summed E-state index contributed by atoms with van der Waals surface area (Å²) >= 11 is 0. The molecular weight excluding hydrogens is 264 g/mol. The third-order valence-electron chi connectivity index (χ3n) is 4.07. The number of aliphatic imine (C=N–C) groups is 1. The van der Waals surface area contributed by atoms with Gasteiger partial charge in [-0.05, 0) is 47.1 Å². The highest BCUT2D eigenvalue weighted by Gasteiger charge is 2.55. The zero-order chi connectivity index (χ0) is 15.9. The predicted molar refractivity (Wildman–Crippen MR) is 84.4 cm³/mol. The predicted octanol–water partition coefficient (Wildman–Crippen LogP) is 2.94. The lowest BCUT2D eigenvalue weighted by atomic mass is 9.75. The van der Waals surface area contributed by atoms with Crippen LogP contribution in [0, 0.1) is 6.92 Å². The molecule has 0 saturated carbocycles. The fourth-order valence-corrected chi connectivity index (χ4v) is 2.44. The highest BCUT2D eigenvalue weighted by atomic mass is 16.6. The van der Waals surface area contributed by atoms with Gasteiger partial charge in [-0.1, -0.05) is 29.8 Å². The van der Waals surface area contributed by atoms with E-state index < -0.39 is 16.7 Å². The summed E-state index contributed by atoms with van der Waals surface area (Å²) in [4.78, 5) is 17.2. The molecule has 2 atom stereocenters. The van der Waals surface area contributed by atoms with Gasteiger partial charge in [0.25, 0.3) is 0 Å². The molecule has 21 heavy (non-hydrogen) atoms. The summed E-state index contributed by atoms with van der Waals surface area (Å²) in [6.07, 6.45) is 1.60. The van der Waals surface area contributed by atoms with Gasteiger partial charge in [-0.15, -0.1) is 0 Å². The average Bonchev–Trinajstić information content (AvgIpc) is 2.67. The van der Waals surface area contributed by atoms with E-state index >= 15 is 0 Å². The van der Waals surface area contributed by atoms with Gasteiger partial charge >= 0.3 is 5.97 Å². The van der Waals surface area contributed by atoms with Crippen molar-refractivity contribution in [1.82, 2.24) is 5.32 Å². The number of ether oxygens (including phenoxy) is 1. The minimum Gasteiger partial charge on any atom is -0.458 e. The van der Waals surface area contributed by atoms with E-state index in [-0.39, 0.29) is 5.97 Å². The van der Waals surface area contributed by atoms with Crippen LogP contribution in [0.3, 0.4) is 0 Å². The molecule has 2 rings (SSSR count). The van der Waals surface area contributed by atoms with Gasteiger partial charge in [-0.3, -0.25) is 4.99 Å². The molecule has 0 amide bonds. The number of esters is 1. The second-order valence-electron chi connectivity index (χ2n) is 6.97. The maximum Gasteiger partial charge on any atom is 0.334 e. The van der Waals surface area contributed by atoms with Gasteiger partial charge < -0.3 is 10.1 Å². The van der Waals surface area contributed by atoms with Crippen molar-refractivity contribution in [2.45, 2.75) is 58.2 Å². The van der Waals surface area contributed by atoms with Gasteiger partial charge in [0.2, 0.25) is 0 Å². The summed E-state index contributed by atoms with van der Waals surface area (Å²) in [5.74, 6) is -0.296. The molecular formula is C17H24N2O2. The van der Waals surface area contributed by atoms with Crippen molar-refractivity contribution in [2.75, 3.05) is 0 Å². The third kappa shape index (κ3) is 2.67. The number of carbonyl (C=O) groups is 1. The number of carbonyl (C=O) groups excluding carboxylic acids is 1. The molecule has 0 bridgehead atoms. The van der Waals surface area contributed by atoms with Crippen LogP contribution in [0.15, 0.2) is 29.3 Å². The number of aryl methyl sites for hydroxylation is 1. The lowest BCUT2D eigenvalue weighted by molar-refractivity contribution is -0.164. The highest BCUT2D eigenvalue weighted by Crippen LogP contribution is 2.40. The van der Waals surface area contributed by atoms with Gasteiger partial charge in [0.15, 0.2) is 5.54 Å². The van der Waals surface area contributed by atoms with Crippen molar-refractivity contribution >= 4 is 12.3 Å². The molecule has 0 radical (unpaired) electrons. The fraction of sp³-hybridized carbons (Fsp3) is 0.529. The average molecular weight is 288 g/mol. The van der Waals surface area contributed by atoms with E-state index in [1.54, 1.807) is 6.34 Å². The molecule has 0 fully saturated rings. The SMILES string of the molecule is Cc1ccc([C@]2(C)N=CN[C@@]2(C)C(=O)OC(C)(C)C)cc1. The minimum absolute atomic E-state index is 0.296. The van der Waals surface area contributed by atoms with Crippen LogP contribution in [0.4, 0.5) is 0 Å². The second-order valence-corrected chi connectivity index (χ2v) is 6.97. The molecule has 1 aromatic carbocycles. The summed E-state index contributed by atoms with van der Waals surface area (Å²) in [7, 11) is 0. The largest absolute Gasteiger partial charge is 0.458 e. The second kappa shape index (κ2) is 4.86. The minimum atomic E-state index is -0.921. The number of nitrogens with one attached hydrogen (secondary N) is 1. The van der Waals surface area contributed by atoms with Crippen LogP contribution in [0.25, 0.3) is 0 Å². The van der Waals surface area contributed by atoms with E-state index in [1.165, 1.54) is 5.56 Å². The van der Waals surface area contributed by atoms with Gasteiger partial charge in [0, 0.05) is 0 Å². The first-order valence-corrected chi connectivity index (χ1v) is 7.20. The molecule has 1 aliphatic heterocycles. The molecule has 4 heteroatoms. The number of hydrogen-bond donors (Lipinski definition) is 1. The number of rotatable bonds is 2. The summed E-state index contributed by atoms with van der Waals surface area (Å²) in [5, 5.41) is 3.09. The van der Waals surface area contributed by atoms with Crippen molar-refractivity contribution in [2.24, 2.45) is 4.99 Å². The Morgan fingerprint density at radius 1 is 1.19 bits per heavy atom. The summed E-state index contributed by atoms with van der Waals surface area (Å²) < 4.78 is 5.58. The van der Waals surface area contributed by atoms with Crippen LogP contribution >= 0.6 is 0 Å². The molecule has 1 N–H and O–H groups in total. The van der Waals surface area contributed by atoms with E-state index in [2.05, 4.69) is 10.3 Å². The van der Waals surface area contributed by atoms with Gasteiger partial charge in [0.1, 0.15) is 11.1 Å². The van der Waals surface area contributed by atoms with Gasteiger partial charge in [-0.25, -0.2) is 4.79 Å². The van der Waals surface area contributed by atoms with Crippen molar-refractivity contribution in [3.05, 3.63) is 35.4 Å². The van der Waals surface area contributed by atoms with Crippen molar-refractivity contribution < 1.29 is 9.53 Å². The molecule has 0 saturated heterocycles. The lowest BCUT2D eigenvalue weighted by Gasteiger charge is -2.39. The quantitative estimate of drug-likeness (QED) is 0.851. The smallest absolute Gasteiger partial charge is 0.334 e. The Kier molecular flexibility index (Phi) is 3.60. The van der Waals surface area contributed by atoms with E-state index in [1.807, 2.05) is 65.8 Å². The maximum atomic E-state index is 12.7. The topological polar surface area (TPSA) is 50.7 Å². The molecule has 0 aromatic heterocycles. The van der Waals surface area contributed by atoms with E-state index in [0.717, 1.165) is 5.56 Å². The zero-order valence-corrected chi connectivity index (χ0v) is 13.7.